The summed E-state index contributed by atoms with van der Waals surface area (Å²) in [4.78, 5) is 4.46. The zero-order valence-corrected chi connectivity index (χ0v) is 10.2. The molecule has 0 aliphatic heterocycles. The van der Waals surface area contributed by atoms with Crippen LogP contribution in [0, 0.1) is 0 Å². The minimum Gasteiger partial charge on any atom is -0.506 e. The van der Waals surface area contributed by atoms with Gasteiger partial charge in [0.25, 0.3) is 0 Å². The fourth-order valence-corrected chi connectivity index (χ4v) is 2.06. The molecule has 0 amide bonds. The molecule has 0 radical (unpaired) electrons. The molecule has 0 saturated heterocycles. The van der Waals surface area contributed by atoms with Crippen LogP contribution in [0.25, 0.3) is 10.9 Å². The zero-order valence-electron chi connectivity index (χ0n) is 8.66. The van der Waals surface area contributed by atoms with Gasteiger partial charge in [-0.1, -0.05) is 35.8 Å². The van der Waals surface area contributed by atoms with E-state index >= 15 is 0 Å². The minimum absolute atomic E-state index is 0.230. The van der Waals surface area contributed by atoms with Crippen molar-refractivity contribution in [3.05, 3.63) is 34.4 Å². The van der Waals surface area contributed by atoms with Crippen LogP contribution in [0.2, 0.25) is 0 Å². The van der Waals surface area contributed by atoms with E-state index in [1.54, 1.807) is 6.07 Å². The largest absolute Gasteiger partial charge is 0.506 e. The van der Waals surface area contributed by atoms with Crippen molar-refractivity contribution in [2.45, 2.75) is 19.8 Å². The van der Waals surface area contributed by atoms with E-state index in [0.717, 1.165) is 21.1 Å². The van der Waals surface area contributed by atoms with E-state index in [0.29, 0.717) is 0 Å². The Kier molecular flexibility index (Phi) is 2.65. The predicted molar refractivity (Wildman–Crippen MR) is 65.2 cm³/mol. The normalized spacial score (nSPS) is 11.2. The van der Waals surface area contributed by atoms with E-state index in [1.165, 1.54) is 0 Å². The number of hydrogen-bond donors (Lipinski definition) is 1. The maximum absolute atomic E-state index is 9.82. The fourth-order valence-electron chi connectivity index (χ4n) is 1.59. The molecule has 15 heavy (non-hydrogen) atoms. The van der Waals surface area contributed by atoms with Crippen LogP contribution in [-0.4, -0.2) is 10.1 Å². The Labute approximate surface area is 97.1 Å². The van der Waals surface area contributed by atoms with Crippen LogP contribution < -0.4 is 0 Å². The lowest BCUT2D eigenvalue weighted by Crippen LogP contribution is -1.94. The molecule has 0 fully saturated rings. The molecule has 0 unspecified atom stereocenters. The molecule has 2 nitrogen and oxygen atoms in total. The number of benzene rings is 1. The highest BCUT2D eigenvalue weighted by Crippen LogP contribution is 2.30. The minimum atomic E-state index is 0.230. The van der Waals surface area contributed by atoms with Gasteiger partial charge in [-0.15, -0.1) is 0 Å². The van der Waals surface area contributed by atoms with E-state index in [4.69, 9.17) is 0 Å². The van der Waals surface area contributed by atoms with Crippen LogP contribution >= 0.6 is 15.9 Å². The van der Waals surface area contributed by atoms with Gasteiger partial charge in [-0.2, -0.15) is 0 Å². The highest BCUT2D eigenvalue weighted by atomic mass is 79.9. The molecule has 0 saturated carbocycles. The van der Waals surface area contributed by atoms with Crippen LogP contribution in [0.15, 0.2) is 28.7 Å². The zero-order chi connectivity index (χ0) is 11.0. The average Bonchev–Trinajstić information content (AvgIpc) is 2.18. The van der Waals surface area contributed by atoms with Crippen molar-refractivity contribution in [2.75, 3.05) is 0 Å². The molecule has 78 valence electrons. The van der Waals surface area contributed by atoms with Crippen LogP contribution in [0.5, 0.6) is 5.75 Å². The monoisotopic (exact) mass is 265 g/mol. The smallest absolute Gasteiger partial charge is 0.138 e. The summed E-state index contributed by atoms with van der Waals surface area (Å²) in [5.41, 5.74) is 1.66. The molecule has 2 aromatic rings. The van der Waals surface area contributed by atoms with Crippen molar-refractivity contribution >= 4 is 26.8 Å². The maximum atomic E-state index is 9.82. The third-order valence-corrected chi connectivity index (χ3v) is 3.05. The molecular weight excluding hydrogens is 254 g/mol. The first-order chi connectivity index (χ1) is 7.09. The fraction of sp³-hybridized carbons (Fsp3) is 0.250. The Hall–Kier alpha value is -1.09. The second-order valence-electron chi connectivity index (χ2n) is 3.85. The van der Waals surface area contributed by atoms with Crippen molar-refractivity contribution in [3.8, 4) is 5.75 Å². The van der Waals surface area contributed by atoms with Gasteiger partial charge >= 0.3 is 0 Å². The van der Waals surface area contributed by atoms with E-state index in [1.807, 2.05) is 32.0 Å². The van der Waals surface area contributed by atoms with Gasteiger partial charge in [-0.3, -0.25) is 0 Å². The molecule has 1 aromatic heterocycles. The molecule has 0 aliphatic rings. The summed E-state index contributed by atoms with van der Waals surface area (Å²) >= 11 is 3.44. The molecule has 0 atom stereocenters. The number of rotatable bonds is 1. The third-order valence-electron chi connectivity index (χ3n) is 2.36. The molecule has 1 aromatic carbocycles. The lowest BCUT2D eigenvalue weighted by Gasteiger charge is -2.09. The number of aromatic nitrogens is 1. The first kappa shape index (κ1) is 10.4. The topological polar surface area (TPSA) is 33.1 Å². The number of halogens is 1. The van der Waals surface area contributed by atoms with Crippen molar-refractivity contribution in [2.24, 2.45) is 0 Å². The van der Waals surface area contributed by atoms with Gasteiger partial charge in [0.05, 0.1) is 11.2 Å². The quantitative estimate of drug-likeness (QED) is 0.851. The number of aromatic hydroxyl groups is 1. The van der Waals surface area contributed by atoms with Gasteiger partial charge in [0.2, 0.25) is 0 Å². The Morgan fingerprint density at radius 2 is 2.07 bits per heavy atom. The summed E-state index contributed by atoms with van der Waals surface area (Å²) in [6, 6.07) is 7.60. The summed E-state index contributed by atoms with van der Waals surface area (Å²) < 4.78 is 0.957. The Morgan fingerprint density at radius 1 is 1.33 bits per heavy atom. The van der Waals surface area contributed by atoms with Crippen LogP contribution in [0.1, 0.15) is 25.5 Å². The van der Waals surface area contributed by atoms with Crippen LogP contribution in [0.4, 0.5) is 0 Å². The van der Waals surface area contributed by atoms with Crippen molar-refractivity contribution in [3.63, 3.8) is 0 Å². The van der Waals surface area contributed by atoms with Gasteiger partial charge in [-0.25, -0.2) is 4.98 Å². The summed E-state index contributed by atoms with van der Waals surface area (Å²) in [5, 5.41) is 10.8. The van der Waals surface area contributed by atoms with E-state index in [9.17, 15) is 5.11 Å². The van der Waals surface area contributed by atoms with Gasteiger partial charge in [-0.05, 0) is 24.1 Å². The first-order valence-corrected chi connectivity index (χ1v) is 5.67. The van der Waals surface area contributed by atoms with Crippen molar-refractivity contribution in [1.82, 2.24) is 4.98 Å². The lowest BCUT2D eigenvalue weighted by atomic mass is 10.1. The molecule has 3 heteroatoms. The molecule has 0 aliphatic carbocycles. The summed E-state index contributed by atoms with van der Waals surface area (Å²) in [6.45, 7) is 4.04. The van der Waals surface area contributed by atoms with Gasteiger partial charge in [0.15, 0.2) is 0 Å². The highest BCUT2D eigenvalue weighted by molar-refractivity contribution is 9.10. The summed E-state index contributed by atoms with van der Waals surface area (Å²) in [6.07, 6.45) is 0. The van der Waals surface area contributed by atoms with E-state index in [-0.39, 0.29) is 11.7 Å². The summed E-state index contributed by atoms with van der Waals surface area (Å²) in [5.74, 6) is 0.498. The lowest BCUT2D eigenvalue weighted by molar-refractivity contribution is 0.461. The number of hydrogen-bond acceptors (Lipinski definition) is 2. The third kappa shape index (κ3) is 1.84. The van der Waals surface area contributed by atoms with Crippen molar-refractivity contribution < 1.29 is 5.11 Å². The Balaban J connectivity index is 2.76. The Morgan fingerprint density at radius 3 is 2.73 bits per heavy atom. The second kappa shape index (κ2) is 3.81. The van der Waals surface area contributed by atoms with E-state index < -0.39 is 0 Å². The molecule has 1 N–H and O–H groups in total. The SMILES string of the molecule is CC(C)c1nc2cccc(Br)c2cc1O. The average molecular weight is 266 g/mol. The maximum Gasteiger partial charge on any atom is 0.138 e. The molecule has 2 rings (SSSR count). The van der Waals surface area contributed by atoms with Crippen LogP contribution in [-0.2, 0) is 0 Å². The van der Waals surface area contributed by atoms with Gasteiger partial charge < -0.3 is 5.11 Å². The standard InChI is InChI=1S/C12H12BrNO/c1-7(2)12-11(15)6-8-9(13)4-3-5-10(8)14-12/h3-7,15H,1-2H3. The van der Waals surface area contributed by atoms with Gasteiger partial charge in [0, 0.05) is 9.86 Å². The van der Waals surface area contributed by atoms with Gasteiger partial charge in [0.1, 0.15) is 5.75 Å². The highest BCUT2D eigenvalue weighted by Gasteiger charge is 2.10. The number of nitrogens with zero attached hydrogens (tertiary/aromatic N) is 1. The molecule has 0 bridgehead atoms. The molecule has 1 heterocycles. The molecule has 0 spiro atoms. The Bertz CT molecular complexity index is 508. The van der Waals surface area contributed by atoms with Crippen molar-refractivity contribution in [1.29, 1.82) is 0 Å². The number of pyridine rings is 1. The van der Waals surface area contributed by atoms with E-state index in [2.05, 4.69) is 20.9 Å². The number of fused-ring (bicyclic) bond motifs is 1. The van der Waals surface area contributed by atoms with Crippen LogP contribution in [0.3, 0.4) is 0 Å². The second-order valence-corrected chi connectivity index (χ2v) is 4.71. The molecular formula is C12H12BrNO. The predicted octanol–water partition coefficient (Wildman–Crippen LogP) is 3.83. The first-order valence-electron chi connectivity index (χ1n) is 4.87. The summed E-state index contributed by atoms with van der Waals surface area (Å²) in [7, 11) is 0.